The second-order valence-electron chi connectivity index (χ2n) is 4.44. The van der Waals surface area contributed by atoms with Crippen molar-refractivity contribution in [3.8, 4) is 5.75 Å². The molecule has 2 heterocycles. The second-order valence-corrected chi connectivity index (χ2v) is 4.44. The Kier molecular flexibility index (Phi) is 4.76. The van der Waals surface area contributed by atoms with Crippen LogP contribution in [-0.4, -0.2) is 36.1 Å². The molecule has 1 saturated heterocycles. The van der Waals surface area contributed by atoms with E-state index in [1.807, 2.05) is 6.07 Å². The normalized spacial score (nSPS) is 17.0. The van der Waals surface area contributed by atoms with Crippen LogP contribution in [0.25, 0.3) is 0 Å². The molecule has 0 aromatic carbocycles. The minimum absolute atomic E-state index is 0.502. The molecular formula is C13H21N3O. The SMILES string of the molecule is NCc1ccncc1OCCN1CCCCC1. The molecule has 17 heavy (non-hydrogen) atoms. The van der Waals surface area contributed by atoms with E-state index in [1.54, 1.807) is 12.4 Å². The van der Waals surface area contributed by atoms with E-state index in [0.717, 1.165) is 24.5 Å². The summed E-state index contributed by atoms with van der Waals surface area (Å²) in [7, 11) is 0. The van der Waals surface area contributed by atoms with E-state index < -0.39 is 0 Å². The van der Waals surface area contributed by atoms with E-state index in [1.165, 1.54) is 32.4 Å². The van der Waals surface area contributed by atoms with Gasteiger partial charge in [0, 0.05) is 24.8 Å². The maximum absolute atomic E-state index is 5.75. The first-order valence-electron chi connectivity index (χ1n) is 6.38. The van der Waals surface area contributed by atoms with Crippen molar-refractivity contribution in [2.45, 2.75) is 25.8 Å². The number of aromatic nitrogens is 1. The topological polar surface area (TPSA) is 51.4 Å². The molecule has 0 spiro atoms. The highest BCUT2D eigenvalue weighted by atomic mass is 16.5. The number of nitrogens with two attached hydrogens (primary N) is 1. The average molecular weight is 235 g/mol. The Morgan fingerprint density at radius 1 is 1.29 bits per heavy atom. The Bertz CT molecular complexity index is 337. The van der Waals surface area contributed by atoms with Crippen molar-refractivity contribution in [1.82, 2.24) is 9.88 Å². The lowest BCUT2D eigenvalue weighted by atomic mass is 10.1. The number of nitrogens with zero attached hydrogens (tertiary/aromatic N) is 2. The van der Waals surface area contributed by atoms with E-state index >= 15 is 0 Å². The van der Waals surface area contributed by atoms with Crippen LogP contribution >= 0.6 is 0 Å². The van der Waals surface area contributed by atoms with Gasteiger partial charge in [0.1, 0.15) is 12.4 Å². The van der Waals surface area contributed by atoms with Crippen LogP contribution in [0.5, 0.6) is 5.75 Å². The molecule has 2 rings (SSSR count). The Morgan fingerprint density at radius 3 is 2.88 bits per heavy atom. The zero-order valence-corrected chi connectivity index (χ0v) is 10.3. The summed E-state index contributed by atoms with van der Waals surface area (Å²) < 4.78 is 5.75. The summed E-state index contributed by atoms with van der Waals surface area (Å²) in [6.07, 6.45) is 7.51. The van der Waals surface area contributed by atoms with Crippen LogP contribution in [-0.2, 0) is 6.54 Å². The number of ether oxygens (including phenoxy) is 1. The summed E-state index contributed by atoms with van der Waals surface area (Å²) in [5.41, 5.74) is 6.67. The van der Waals surface area contributed by atoms with Crippen LogP contribution in [0.15, 0.2) is 18.5 Å². The quantitative estimate of drug-likeness (QED) is 0.838. The molecule has 94 valence electrons. The molecule has 4 nitrogen and oxygen atoms in total. The smallest absolute Gasteiger partial charge is 0.142 e. The number of piperidine rings is 1. The molecule has 1 aromatic rings. The van der Waals surface area contributed by atoms with Crippen LogP contribution in [0.4, 0.5) is 0 Å². The van der Waals surface area contributed by atoms with E-state index in [-0.39, 0.29) is 0 Å². The first-order valence-corrected chi connectivity index (χ1v) is 6.38. The lowest BCUT2D eigenvalue weighted by Gasteiger charge is -2.26. The van der Waals surface area contributed by atoms with E-state index in [4.69, 9.17) is 10.5 Å². The second kappa shape index (κ2) is 6.57. The molecule has 0 bridgehead atoms. The fraction of sp³-hybridized carbons (Fsp3) is 0.615. The molecule has 2 N–H and O–H groups in total. The molecule has 0 amide bonds. The predicted octanol–water partition coefficient (Wildman–Crippen LogP) is 1.40. The summed E-state index contributed by atoms with van der Waals surface area (Å²) >= 11 is 0. The van der Waals surface area contributed by atoms with Gasteiger partial charge in [-0.2, -0.15) is 0 Å². The van der Waals surface area contributed by atoms with Crippen LogP contribution in [0.3, 0.4) is 0 Å². The summed E-state index contributed by atoms with van der Waals surface area (Å²) in [6.45, 7) is 4.64. The lowest BCUT2D eigenvalue weighted by Crippen LogP contribution is -2.33. The molecule has 0 unspecified atom stereocenters. The van der Waals surface area contributed by atoms with E-state index in [0.29, 0.717) is 6.54 Å². The van der Waals surface area contributed by atoms with Crippen molar-refractivity contribution in [3.05, 3.63) is 24.0 Å². The molecule has 0 saturated carbocycles. The summed E-state index contributed by atoms with van der Waals surface area (Å²) in [4.78, 5) is 6.52. The Labute approximate surface area is 103 Å². The van der Waals surface area contributed by atoms with Crippen LogP contribution < -0.4 is 10.5 Å². The number of pyridine rings is 1. The van der Waals surface area contributed by atoms with Crippen molar-refractivity contribution in [1.29, 1.82) is 0 Å². The summed E-state index contributed by atoms with van der Waals surface area (Å²) in [5.74, 6) is 0.826. The number of hydrogen-bond donors (Lipinski definition) is 1. The van der Waals surface area contributed by atoms with Crippen molar-refractivity contribution in [2.75, 3.05) is 26.2 Å². The first kappa shape index (κ1) is 12.3. The highest BCUT2D eigenvalue weighted by molar-refractivity contribution is 5.29. The maximum atomic E-state index is 5.75. The highest BCUT2D eigenvalue weighted by Crippen LogP contribution is 2.15. The standard InChI is InChI=1S/C13H21N3O/c14-10-12-4-5-15-11-13(12)17-9-8-16-6-2-1-3-7-16/h4-5,11H,1-3,6-10,14H2. The predicted molar refractivity (Wildman–Crippen MR) is 67.9 cm³/mol. The van der Waals surface area contributed by atoms with Gasteiger partial charge in [0.25, 0.3) is 0 Å². The summed E-state index contributed by atoms with van der Waals surface area (Å²) in [5, 5.41) is 0. The van der Waals surface area contributed by atoms with Crippen LogP contribution in [0.1, 0.15) is 24.8 Å². The van der Waals surface area contributed by atoms with Gasteiger partial charge in [-0.15, -0.1) is 0 Å². The van der Waals surface area contributed by atoms with Gasteiger partial charge in [0.15, 0.2) is 0 Å². The zero-order chi connectivity index (χ0) is 11.9. The van der Waals surface area contributed by atoms with Gasteiger partial charge in [-0.05, 0) is 32.0 Å². The van der Waals surface area contributed by atoms with Crippen LogP contribution in [0.2, 0.25) is 0 Å². The number of likely N-dealkylation sites (tertiary alicyclic amines) is 1. The zero-order valence-electron chi connectivity index (χ0n) is 10.3. The molecular weight excluding hydrogens is 214 g/mol. The third-order valence-corrected chi connectivity index (χ3v) is 3.20. The van der Waals surface area contributed by atoms with Gasteiger partial charge in [-0.1, -0.05) is 6.42 Å². The largest absolute Gasteiger partial charge is 0.490 e. The van der Waals surface area contributed by atoms with E-state index in [2.05, 4.69) is 9.88 Å². The first-order chi connectivity index (χ1) is 8.40. The molecule has 1 fully saturated rings. The molecule has 0 aliphatic carbocycles. The summed E-state index contributed by atoms with van der Waals surface area (Å²) in [6, 6.07) is 1.91. The Balaban J connectivity index is 1.77. The van der Waals surface area contributed by atoms with Crippen molar-refractivity contribution < 1.29 is 4.74 Å². The van der Waals surface area contributed by atoms with Gasteiger partial charge in [0.05, 0.1) is 6.20 Å². The van der Waals surface area contributed by atoms with Crippen molar-refractivity contribution in [3.63, 3.8) is 0 Å². The average Bonchev–Trinajstić information content (AvgIpc) is 2.40. The highest BCUT2D eigenvalue weighted by Gasteiger charge is 2.10. The Morgan fingerprint density at radius 2 is 2.12 bits per heavy atom. The van der Waals surface area contributed by atoms with Gasteiger partial charge in [0.2, 0.25) is 0 Å². The number of rotatable bonds is 5. The third kappa shape index (κ3) is 3.68. The monoisotopic (exact) mass is 235 g/mol. The van der Waals surface area contributed by atoms with Crippen LogP contribution in [0, 0.1) is 0 Å². The van der Waals surface area contributed by atoms with Gasteiger partial charge >= 0.3 is 0 Å². The van der Waals surface area contributed by atoms with Gasteiger partial charge in [-0.3, -0.25) is 9.88 Å². The van der Waals surface area contributed by atoms with E-state index in [9.17, 15) is 0 Å². The van der Waals surface area contributed by atoms with Crippen molar-refractivity contribution in [2.24, 2.45) is 5.73 Å². The minimum Gasteiger partial charge on any atom is -0.490 e. The molecule has 0 atom stereocenters. The molecule has 0 radical (unpaired) electrons. The van der Waals surface area contributed by atoms with Crippen molar-refractivity contribution >= 4 is 0 Å². The molecule has 4 heteroatoms. The fourth-order valence-electron chi connectivity index (χ4n) is 2.18. The Hall–Kier alpha value is -1.13. The molecule has 1 aliphatic rings. The molecule has 1 aliphatic heterocycles. The van der Waals surface area contributed by atoms with Gasteiger partial charge < -0.3 is 10.5 Å². The number of hydrogen-bond acceptors (Lipinski definition) is 4. The fourth-order valence-corrected chi connectivity index (χ4v) is 2.18. The van der Waals surface area contributed by atoms with Gasteiger partial charge in [-0.25, -0.2) is 0 Å². The molecule has 1 aromatic heterocycles. The lowest BCUT2D eigenvalue weighted by molar-refractivity contribution is 0.182. The maximum Gasteiger partial charge on any atom is 0.142 e. The third-order valence-electron chi connectivity index (χ3n) is 3.20. The minimum atomic E-state index is 0.502.